The Bertz CT molecular complexity index is 271. The van der Waals surface area contributed by atoms with Gasteiger partial charge in [0.15, 0.2) is 4.47 Å². The molecule has 0 radical (unpaired) electrons. The van der Waals surface area contributed by atoms with E-state index in [4.69, 9.17) is 11.6 Å². The van der Waals surface area contributed by atoms with E-state index in [1.165, 1.54) is 17.7 Å². The maximum absolute atomic E-state index is 5.78. The monoisotopic (exact) mass is 232 g/mol. The minimum Gasteiger partial charge on any atom is -0.298 e. The van der Waals surface area contributed by atoms with Gasteiger partial charge in [0.25, 0.3) is 0 Å². The van der Waals surface area contributed by atoms with Crippen molar-refractivity contribution < 1.29 is 0 Å². The summed E-state index contributed by atoms with van der Waals surface area (Å²) in [7, 11) is 2.16. The summed E-state index contributed by atoms with van der Waals surface area (Å²) in [6.07, 6.45) is 4.25. The molecular formula is C10H17ClN2S. The lowest BCUT2D eigenvalue weighted by atomic mass is 10.1. The number of halogens is 1. The molecule has 0 aromatic carbocycles. The van der Waals surface area contributed by atoms with Gasteiger partial charge in [0.2, 0.25) is 0 Å². The Labute approximate surface area is 94.9 Å². The summed E-state index contributed by atoms with van der Waals surface area (Å²) >= 11 is 7.35. The van der Waals surface area contributed by atoms with E-state index in [-0.39, 0.29) is 0 Å². The maximum atomic E-state index is 5.78. The van der Waals surface area contributed by atoms with Crippen molar-refractivity contribution >= 4 is 22.9 Å². The Kier molecular flexibility index (Phi) is 4.85. The summed E-state index contributed by atoms with van der Waals surface area (Å²) in [6.45, 7) is 5.41. The third kappa shape index (κ3) is 3.23. The number of thiazole rings is 1. The van der Waals surface area contributed by atoms with Gasteiger partial charge in [0, 0.05) is 23.7 Å². The van der Waals surface area contributed by atoms with Crippen LogP contribution in [0.1, 0.15) is 31.6 Å². The zero-order chi connectivity index (χ0) is 10.6. The fourth-order valence-electron chi connectivity index (χ4n) is 1.64. The minimum atomic E-state index is 0.637. The van der Waals surface area contributed by atoms with Crippen molar-refractivity contribution in [1.82, 2.24) is 9.88 Å². The summed E-state index contributed by atoms with van der Waals surface area (Å²) in [5, 5.41) is 0. The molecule has 14 heavy (non-hydrogen) atoms. The first-order valence-corrected chi connectivity index (χ1v) is 6.17. The van der Waals surface area contributed by atoms with Gasteiger partial charge in [-0.05, 0) is 19.9 Å². The fraction of sp³-hybridized carbons (Fsp3) is 0.700. The maximum Gasteiger partial charge on any atom is 0.183 e. The molecule has 0 aliphatic carbocycles. The second-order valence-electron chi connectivity index (χ2n) is 3.46. The van der Waals surface area contributed by atoms with Crippen molar-refractivity contribution in [2.45, 2.75) is 39.3 Å². The molecule has 0 saturated heterocycles. The van der Waals surface area contributed by atoms with Crippen molar-refractivity contribution in [3.63, 3.8) is 0 Å². The van der Waals surface area contributed by atoms with Gasteiger partial charge in [0.1, 0.15) is 0 Å². The topological polar surface area (TPSA) is 16.1 Å². The van der Waals surface area contributed by atoms with Gasteiger partial charge < -0.3 is 0 Å². The minimum absolute atomic E-state index is 0.637. The molecule has 0 N–H and O–H groups in total. The van der Waals surface area contributed by atoms with E-state index < -0.39 is 0 Å². The van der Waals surface area contributed by atoms with E-state index in [0.717, 1.165) is 6.54 Å². The SMILES string of the molecule is CCC(CC)N(C)Cc1cnc(Cl)s1. The number of aromatic nitrogens is 1. The molecule has 0 amide bonds. The van der Waals surface area contributed by atoms with Gasteiger partial charge in [-0.3, -0.25) is 4.90 Å². The lowest BCUT2D eigenvalue weighted by molar-refractivity contribution is 0.223. The highest BCUT2D eigenvalue weighted by molar-refractivity contribution is 7.15. The van der Waals surface area contributed by atoms with Crippen LogP contribution in [-0.2, 0) is 6.54 Å². The smallest absolute Gasteiger partial charge is 0.183 e. The average molecular weight is 233 g/mol. The van der Waals surface area contributed by atoms with Gasteiger partial charge in [-0.15, -0.1) is 11.3 Å². The van der Waals surface area contributed by atoms with E-state index in [9.17, 15) is 0 Å². The van der Waals surface area contributed by atoms with E-state index in [2.05, 4.69) is 30.8 Å². The lowest BCUT2D eigenvalue weighted by Crippen LogP contribution is -2.29. The van der Waals surface area contributed by atoms with E-state index in [1.54, 1.807) is 11.3 Å². The molecule has 80 valence electrons. The van der Waals surface area contributed by atoms with Crippen LogP contribution >= 0.6 is 22.9 Å². The highest BCUT2D eigenvalue weighted by atomic mass is 35.5. The van der Waals surface area contributed by atoms with Gasteiger partial charge in [0.05, 0.1) is 0 Å². The van der Waals surface area contributed by atoms with Crippen LogP contribution in [0.2, 0.25) is 4.47 Å². The Balaban J connectivity index is 2.51. The Morgan fingerprint density at radius 2 is 2.14 bits per heavy atom. The molecule has 0 unspecified atom stereocenters. The Hall–Kier alpha value is -0.120. The molecule has 4 heteroatoms. The second-order valence-corrected chi connectivity index (χ2v) is 5.16. The second kappa shape index (κ2) is 5.69. The first-order valence-electron chi connectivity index (χ1n) is 4.97. The normalized spacial score (nSPS) is 11.6. The van der Waals surface area contributed by atoms with Gasteiger partial charge >= 0.3 is 0 Å². The van der Waals surface area contributed by atoms with Crippen LogP contribution in [-0.4, -0.2) is 23.0 Å². The van der Waals surface area contributed by atoms with Crippen LogP contribution in [0, 0.1) is 0 Å². The third-order valence-corrected chi connectivity index (χ3v) is 3.60. The molecule has 0 saturated carbocycles. The van der Waals surface area contributed by atoms with Crippen LogP contribution in [0.5, 0.6) is 0 Å². The molecule has 0 atom stereocenters. The molecule has 0 bridgehead atoms. The van der Waals surface area contributed by atoms with Crippen molar-refractivity contribution in [2.24, 2.45) is 0 Å². The van der Waals surface area contributed by atoms with Crippen molar-refractivity contribution in [3.05, 3.63) is 15.5 Å². The molecule has 0 aliphatic rings. The van der Waals surface area contributed by atoms with E-state index >= 15 is 0 Å². The zero-order valence-corrected chi connectivity index (χ0v) is 10.5. The largest absolute Gasteiger partial charge is 0.298 e. The van der Waals surface area contributed by atoms with Gasteiger partial charge in [-0.1, -0.05) is 25.4 Å². The predicted molar refractivity (Wildman–Crippen MR) is 63.0 cm³/mol. The molecule has 1 heterocycles. The first-order chi connectivity index (χ1) is 6.67. The highest BCUT2D eigenvalue weighted by Gasteiger charge is 2.11. The molecule has 1 rings (SSSR count). The first kappa shape index (κ1) is 12.0. The number of hydrogen-bond acceptors (Lipinski definition) is 3. The number of nitrogens with zero attached hydrogens (tertiary/aromatic N) is 2. The van der Waals surface area contributed by atoms with Gasteiger partial charge in [-0.25, -0.2) is 4.98 Å². The molecule has 1 aromatic rings. The summed E-state index contributed by atoms with van der Waals surface area (Å²) in [5.41, 5.74) is 0. The van der Waals surface area contributed by atoms with Crippen molar-refractivity contribution in [3.8, 4) is 0 Å². The molecular weight excluding hydrogens is 216 g/mol. The average Bonchev–Trinajstić information content (AvgIpc) is 2.53. The molecule has 0 aliphatic heterocycles. The molecule has 1 aromatic heterocycles. The summed E-state index contributed by atoms with van der Waals surface area (Å²) in [6, 6.07) is 0.663. The van der Waals surface area contributed by atoms with Crippen LogP contribution in [0.25, 0.3) is 0 Å². The van der Waals surface area contributed by atoms with Crippen molar-refractivity contribution in [2.75, 3.05) is 7.05 Å². The lowest BCUT2D eigenvalue weighted by Gasteiger charge is -2.25. The van der Waals surface area contributed by atoms with Crippen LogP contribution < -0.4 is 0 Å². The highest BCUT2D eigenvalue weighted by Crippen LogP contribution is 2.20. The predicted octanol–water partition coefficient (Wildman–Crippen LogP) is 3.42. The van der Waals surface area contributed by atoms with Crippen LogP contribution in [0.15, 0.2) is 6.20 Å². The Morgan fingerprint density at radius 3 is 2.57 bits per heavy atom. The number of rotatable bonds is 5. The zero-order valence-electron chi connectivity index (χ0n) is 8.96. The molecule has 2 nitrogen and oxygen atoms in total. The number of hydrogen-bond donors (Lipinski definition) is 0. The summed E-state index contributed by atoms with van der Waals surface area (Å²) < 4.78 is 0.637. The summed E-state index contributed by atoms with van der Waals surface area (Å²) in [4.78, 5) is 7.64. The van der Waals surface area contributed by atoms with Gasteiger partial charge in [-0.2, -0.15) is 0 Å². The van der Waals surface area contributed by atoms with E-state index in [0.29, 0.717) is 10.5 Å². The molecule has 0 fully saturated rings. The van der Waals surface area contributed by atoms with Crippen molar-refractivity contribution in [1.29, 1.82) is 0 Å². The standard InChI is InChI=1S/C10H17ClN2S/c1-4-8(5-2)13(3)7-9-6-12-10(11)14-9/h6,8H,4-5,7H2,1-3H3. The fourth-order valence-corrected chi connectivity index (χ4v) is 2.69. The third-order valence-electron chi connectivity index (χ3n) is 2.50. The van der Waals surface area contributed by atoms with E-state index in [1.807, 2.05) is 6.20 Å². The Morgan fingerprint density at radius 1 is 1.50 bits per heavy atom. The molecule has 0 spiro atoms. The summed E-state index contributed by atoms with van der Waals surface area (Å²) in [5.74, 6) is 0. The quantitative estimate of drug-likeness (QED) is 0.774. The van der Waals surface area contributed by atoms with Crippen LogP contribution in [0.3, 0.4) is 0 Å². The van der Waals surface area contributed by atoms with Crippen LogP contribution in [0.4, 0.5) is 0 Å².